The number of aromatic nitrogens is 2. The maximum absolute atomic E-state index is 12.6. The molecule has 0 unspecified atom stereocenters. The number of nitrogens with one attached hydrogen (secondary N) is 1. The second-order valence-electron chi connectivity index (χ2n) is 5.33. The minimum atomic E-state index is -0.305. The molecule has 0 saturated heterocycles. The molecule has 0 fully saturated rings. The van der Waals surface area contributed by atoms with Gasteiger partial charge in [-0.1, -0.05) is 18.2 Å². The van der Waals surface area contributed by atoms with E-state index in [-0.39, 0.29) is 11.5 Å². The van der Waals surface area contributed by atoms with Crippen molar-refractivity contribution in [2.24, 2.45) is 0 Å². The summed E-state index contributed by atoms with van der Waals surface area (Å²) in [6, 6.07) is 14.1. The number of benzene rings is 1. The average molecular weight is 351 g/mol. The van der Waals surface area contributed by atoms with E-state index in [0.717, 1.165) is 0 Å². The molecule has 0 saturated carbocycles. The van der Waals surface area contributed by atoms with Crippen molar-refractivity contribution in [1.82, 2.24) is 9.38 Å². The van der Waals surface area contributed by atoms with E-state index >= 15 is 0 Å². The van der Waals surface area contributed by atoms with Crippen molar-refractivity contribution < 1.29 is 9.53 Å². The Hall–Kier alpha value is -3.19. The molecule has 6 nitrogen and oxygen atoms in total. The van der Waals surface area contributed by atoms with Gasteiger partial charge in [-0.25, -0.2) is 4.98 Å². The predicted molar refractivity (Wildman–Crippen MR) is 97.8 cm³/mol. The van der Waals surface area contributed by atoms with Gasteiger partial charge in [0.1, 0.15) is 16.2 Å². The highest BCUT2D eigenvalue weighted by Gasteiger charge is 2.16. The lowest BCUT2D eigenvalue weighted by Gasteiger charge is -2.08. The lowest BCUT2D eigenvalue weighted by Crippen LogP contribution is -2.13. The highest BCUT2D eigenvalue weighted by Crippen LogP contribution is 2.26. The zero-order valence-electron chi connectivity index (χ0n) is 13.2. The van der Waals surface area contributed by atoms with E-state index in [4.69, 9.17) is 4.74 Å². The normalized spacial score (nSPS) is 10.9. The number of methoxy groups -OCH3 is 1. The summed E-state index contributed by atoms with van der Waals surface area (Å²) in [7, 11) is 1.54. The Kier molecular flexibility index (Phi) is 3.70. The van der Waals surface area contributed by atoms with Crippen molar-refractivity contribution in [3.05, 3.63) is 70.0 Å². The van der Waals surface area contributed by atoms with E-state index in [1.54, 1.807) is 43.6 Å². The van der Waals surface area contributed by atoms with Gasteiger partial charge in [0.05, 0.1) is 23.1 Å². The number of carbonyl (C=O) groups excluding carboxylic acids is 1. The molecule has 0 aliphatic rings. The molecule has 0 atom stereocenters. The van der Waals surface area contributed by atoms with E-state index in [9.17, 15) is 9.59 Å². The van der Waals surface area contributed by atoms with Gasteiger partial charge in [-0.05, 0) is 30.3 Å². The van der Waals surface area contributed by atoms with E-state index in [2.05, 4.69) is 10.3 Å². The molecule has 3 aromatic heterocycles. The van der Waals surface area contributed by atoms with Gasteiger partial charge >= 0.3 is 0 Å². The van der Waals surface area contributed by atoms with Crippen molar-refractivity contribution in [2.45, 2.75) is 0 Å². The Labute approximate surface area is 146 Å². The van der Waals surface area contributed by atoms with Crippen molar-refractivity contribution >= 4 is 38.8 Å². The Morgan fingerprint density at radius 1 is 1.20 bits per heavy atom. The molecule has 4 rings (SSSR count). The van der Waals surface area contributed by atoms with Gasteiger partial charge < -0.3 is 10.1 Å². The van der Waals surface area contributed by atoms with Crippen molar-refractivity contribution in [3.8, 4) is 5.75 Å². The fourth-order valence-corrected chi connectivity index (χ4v) is 3.52. The molecule has 4 aromatic rings. The van der Waals surface area contributed by atoms with Gasteiger partial charge in [0.2, 0.25) is 0 Å². The number of thiophene rings is 1. The summed E-state index contributed by atoms with van der Waals surface area (Å²) >= 11 is 1.19. The molecule has 0 spiro atoms. The maximum atomic E-state index is 12.6. The molecule has 1 aromatic carbocycles. The van der Waals surface area contributed by atoms with Crippen molar-refractivity contribution in [1.29, 1.82) is 0 Å². The second kappa shape index (κ2) is 6.03. The molecular weight excluding hydrogens is 338 g/mol. The summed E-state index contributed by atoms with van der Waals surface area (Å²) in [5, 5.41) is 3.24. The summed E-state index contributed by atoms with van der Waals surface area (Å²) in [5.74, 6) is 0.266. The van der Waals surface area contributed by atoms with Crippen molar-refractivity contribution in [3.63, 3.8) is 0 Å². The van der Waals surface area contributed by atoms with Gasteiger partial charge in [0.25, 0.3) is 11.5 Å². The smallest absolute Gasteiger partial charge is 0.266 e. The van der Waals surface area contributed by atoms with E-state index in [1.165, 1.54) is 15.7 Å². The molecule has 1 amide bonds. The third kappa shape index (κ3) is 2.64. The molecule has 7 heteroatoms. The van der Waals surface area contributed by atoms with Gasteiger partial charge in [-0.15, -0.1) is 11.3 Å². The number of para-hydroxylation sites is 2. The fourth-order valence-electron chi connectivity index (χ4n) is 2.59. The Bertz CT molecular complexity index is 1160. The van der Waals surface area contributed by atoms with Crippen LogP contribution in [-0.4, -0.2) is 22.4 Å². The topological polar surface area (TPSA) is 72.7 Å². The number of carbonyl (C=O) groups is 1. The predicted octanol–water partition coefficient (Wildman–Crippen LogP) is 3.17. The van der Waals surface area contributed by atoms with Gasteiger partial charge in [-0.3, -0.25) is 14.0 Å². The van der Waals surface area contributed by atoms with Gasteiger partial charge in [-0.2, -0.15) is 0 Å². The first kappa shape index (κ1) is 15.3. The largest absolute Gasteiger partial charge is 0.495 e. The van der Waals surface area contributed by atoms with Crippen LogP contribution in [0.3, 0.4) is 0 Å². The van der Waals surface area contributed by atoms with Gasteiger partial charge in [0, 0.05) is 6.20 Å². The third-order valence-corrected chi connectivity index (χ3v) is 4.82. The Morgan fingerprint density at radius 2 is 2.00 bits per heavy atom. The highest BCUT2D eigenvalue weighted by molar-refractivity contribution is 7.20. The molecule has 25 heavy (non-hydrogen) atoms. The van der Waals surface area contributed by atoms with Gasteiger partial charge in [0.15, 0.2) is 0 Å². The summed E-state index contributed by atoms with van der Waals surface area (Å²) in [5.41, 5.74) is 0.939. The minimum absolute atomic E-state index is 0.187. The number of anilines is 1. The molecule has 0 aliphatic carbocycles. The van der Waals surface area contributed by atoms with Crippen LogP contribution in [0.2, 0.25) is 0 Å². The SMILES string of the molecule is COc1ccccc1NC(=O)c1cc2c(=O)n3ccccc3nc2s1. The molecule has 0 aliphatic heterocycles. The van der Waals surface area contributed by atoms with Crippen LogP contribution in [-0.2, 0) is 0 Å². The first-order valence-corrected chi connectivity index (χ1v) is 8.34. The molecule has 124 valence electrons. The molecule has 0 radical (unpaired) electrons. The minimum Gasteiger partial charge on any atom is -0.495 e. The first-order valence-electron chi connectivity index (χ1n) is 7.52. The number of pyridine rings is 1. The van der Waals surface area contributed by atoms with E-state index < -0.39 is 0 Å². The molecule has 0 bridgehead atoms. The number of fused-ring (bicyclic) bond motifs is 2. The van der Waals surface area contributed by atoms with Crippen LogP contribution < -0.4 is 15.6 Å². The van der Waals surface area contributed by atoms with E-state index in [0.29, 0.717) is 32.2 Å². The lowest BCUT2D eigenvalue weighted by atomic mass is 10.3. The summed E-state index contributed by atoms with van der Waals surface area (Å²) in [6.07, 6.45) is 1.66. The summed E-state index contributed by atoms with van der Waals surface area (Å²) in [6.45, 7) is 0. The van der Waals surface area contributed by atoms with Crippen molar-refractivity contribution in [2.75, 3.05) is 12.4 Å². The molecule has 3 heterocycles. The number of ether oxygens (including phenoxy) is 1. The second-order valence-corrected chi connectivity index (χ2v) is 6.36. The molecular formula is C18H13N3O3S. The first-order chi connectivity index (χ1) is 12.2. The number of hydrogen-bond donors (Lipinski definition) is 1. The highest BCUT2D eigenvalue weighted by atomic mass is 32.1. The van der Waals surface area contributed by atoms with Crippen LogP contribution in [0.1, 0.15) is 9.67 Å². The Balaban J connectivity index is 1.76. The van der Waals surface area contributed by atoms with Crippen LogP contribution in [0.15, 0.2) is 59.5 Å². The van der Waals surface area contributed by atoms with Crippen LogP contribution in [0.4, 0.5) is 5.69 Å². The Morgan fingerprint density at radius 3 is 2.84 bits per heavy atom. The molecule has 1 N–H and O–H groups in total. The number of amides is 1. The summed E-state index contributed by atoms with van der Waals surface area (Å²) < 4.78 is 6.70. The van der Waals surface area contributed by atoms with Crippen LogP contribution in [0, 0.1) is 0 Å². The third-order valence-electron chi connectivity index (χ3n) is 3.80. The zero-order chi connectivity index (χ0) is 17.4. The van der Waals surface area contributed by atoms with E-state index in [1.807, 2.05) is 18.2 Å². The number of hydrogen-bond acceptors (Lipinski definition) is 5. The monoisotopic (exact) mass is 351 g/mol. The standard InChI is InChI=1S/C18H13N3O3S/c1-24-13-7-3-2-6-12(13)19-16(22)14-10-11-17(25-14)20-15-8-4-5-9-21(15)18(11)23/h2-10H,1H3,(H,19,22). The van der Waals surface area contributed by atoms with Crippen LogP contribution in [0.5, 0.6) is 5.75 Å². The number of rotatable bonds is 3. The summed E-state index contributed by atoms with van der Waals surface area (Å²) in [4.78, 5) is 30.5. The lowest BCUT2D eigenvalue weighted by molar-refractivity contribution is 0.103. The van der Waals surface area contributed by atoms with Crippen LogP contribution >= 0.6 is 11.3 Å². The van der Waals surface area contributed by atoms with Crippen LogP contribution in [0.25, 0.3) is 15.9 Å². The quantitative estimate of drug-likeness (QED) is 0.615. The average Bonchev–Trinajstić information content (AvgIpc) is 3.07. The number of nitrogens with zero attached hydrogens (tertiary/aromatic N) is 2. The maximum Gasteiger partial charge on any atom is 0.266 e. The fraction of sp³-hybridized carbons (Fsp3) is 0.0556. The zero-order valence-corrected chi connectivity index (χ0v) is 14.0.